The third-order valence-corrected chi connectivity index (χ3v) is 6.51. The molecular weight excluding hydrogens is 364 g/mol. The Hall–Kier alpha value is -2.51. The minimum atomic E-state index is -3.69. The van der Waals surface area contributed by atoms with Crippen LogP contribution >= 0.6 is 0 Å². The van der Waals surface area contributed by atoms with Gasteiger partial charge in [0.25, 0.3) is 0 Å². The third kappa shape index (κ3) is 4.43. The summed E-state index contributed by atoms with van der Waals surface area (Å²) in [5.41, 5.74) is 1.15. The van der Waals surface area contributed by atoms with Gasteiger partial charge >= 0.3 is 0 Å². The third-order valence-electron chi connectivity index (χ3n) is 4.63. The molecular formula is C20H22N2O4S. The lowest BCUT2D eigenvalue weighted by molar-refractivity contribution is -0.114. The Morgan fingerprint density at radius 2 is 1.70 bits per heavy atom. The maximum atomic E-state index is 13.0. The number of carbonyl (C=O) groups excluding carboxylic acids is 2. The molecule has 0 saturated carbocycles. The predicted octanol–water partition coefficient (Wildman–Crippen LogP) is 2.93. The SMILES string of the molecule is CC(=O)Nc1ccc(S(=O)(=O)N2CCCC(C(=O)c3ccccc3)C2)cc1. The van der Waals surface area contributed by atoms with Crippen LogP contribution in [0, 0.1) is 5.92 Å². The molecule has 0 radical (unpaired) electrons. The molecule has 1 fully saturated rings. The maximum absolute atomic E-state index is 13.0. The van der Waals surface area contributed by atoms with E-state index < -0.39 is 10.0 Å². The van der Waals surface area contributed by atoms with E-state index in [0.29, 0.717) is 30.6 Å². The molecule has 1 unspecified atom stereocenters. The van der Waals surface area contributed by atoms with Crippen LogP contribution in [0.1, 0.15) is 30.1 Å². The van der Waals surface area contributed by atoms with Crippen LogP contribution in [0.4, 0.5) is 5.69 Å². The van der Waals surface area contributed by atoms with E-state index in [1.165, 1.54) is 23.4 Å². The molecule has 0 bridgehead atoms. The molecule has 6 nitrogen and oxygen atoms in total. The number of sulfonamides is 1. The van der Waals surface area contributed by atoms with Crippen molar-refractivity contribution in [1.82, 2.24) is 4.31 Å². The summed E-state index contributed by atoms with van der Waals surface area (Å²) < 4.78 is 27.3. The van der Waals surface area contributed by atoms with Crippen molar-refractivity contribution in [3.8, 4) is 0 Å². The van der Waals surface area contributed by atoms with Crippen molar-refractivity contribution >= 4 is 27.4 Å². The van der Waals surface area contributed by atoms with Crippen LogP contribution in [-0.2, 0) is 14.8 Å². The average molecular weight is 386 g/mol. The van der Waals surface area contributed by atoms with Crippen LogP contribution in [0.5, 0.6) is 0 Å². The van der Waals surface area contributed by atoms with E-state index in [1.807, 2.05) is 6.07 Å². The number of nitrogens with one attached hydrogen (secondary N) is 1. The molecule has 27 heavy (non-hydrogen) atoms. The summed E-state index contributed by atoms with van der Waals surface area (Å²) in [4.78, 5) is 23.9. The normalized spacial score (nSPS) is 18.0. The van der Waals surface area contributed by atoms with Gasteiger partial charge in [-0.1, -0.05) is 30.3 Å². The maximum Gasteiger partial charge on any atom is 0.243 e. The van der Waals surface area contributed by atoms with Gasteiger partial charge in [0.1, 0.15) is 0 Å². The van der Waals surface area contributed by atoms with Crippen LogP contribution < -0.4 is 5.32 Å². The van der Waals surface area contributed by atoms with Gasteiger partial charge in [-0.25, -0.2) is 8.42 Å². The molecule has 0 spiro atoms. The van der Waals surface area contributed by atoms with Crippen LogP contribution in [0.3, 0.4) is 0 Å². The molecule has 1 amide bonds. The van der Waals surface area contributed by atoms with E-state index in [4.69, 9.17) is 0 Å². The number of carbonyl (C=O) groups is 2. The van der Waals surface area contributed by atoms with Crippen molar-refractivity contribution in [1.29, 1.82) is 0 Å². The van der Waals surface area contributed by atoms with Gasteiger partial charge in [-0.2, -0.15) is 4.31 Å². The van der Waals surface area contributed by atoms with Crippen LogP contribution in [-0.4, -0.2) is 37.5 Å². The minimum absolute atomic E-state index is 0.0171. The second-order valence-electron chi connectivity index (χ2n) is 6.64. The van der Waals surface area contributed by atoms with E-state index in [-0.39, 0.29) is 29.0 Å². The summed E-state index contributed by atoms with van der Waals surface area (Å²) in [5, 5.41) is 2.61. The molecule has 1 heterocycles. The second-order valence-corrected chi connectivity index (χ2v) is 8.58. The van der Waals surface area contributed by atoms with Crippen molar-refractivity contribution in [3.63, 3.8) is 0 Å². The highest BCUT2D eigenvalue weighted by Crippen LogP contribution is 2.26. The summed E-state index contributed by atoms with van der Waals surface area (Å²) in [6.07, 6.45) is 1.33. The summed E-state index contributed by atoms with van der Waals surface area (Å²) in [5.74, 6) is -0.574. The Kier molecular flexibility index (Phi) is 5.72. The van der Waals surface area contributed by atoms with Crippen molar-refractivity contribution in [2.24, 2.45) is 5.92 Å². The molecule has 142 valence electrons. The first-order valence-corrected chi connectivity index (χ1v) is 10.3. The lowest BCUT2D eigenvalue weighted by Gasteiger charge is -2.31. The second kappa shape index (κ2) is 8.02. The zero-order chi connectivity index (χ0) is 19.4. The first-order valence-electron chi connectivity index (χ1n) is 8.85. The molecule has 7 heteroatoms. The summed E-state index contributed by atoms with van der Waals surface area (Å²) in [6.45, 7) is 1.97. The van der Waals surface area contributed by atoms with Gasteiger partial charge in [-0.15, -0.1) is 0 Å². The number of piperidine rings is 1. The first-order chi connectivity index (χ1) is 12.9. The van der Waals surface area contributed by atoms with E-state index in [1.54, 1.807) is 36.4 Å². The number of hydrogen-bond donors (Lipinski definition) is 1. The Bertz CT molecular complexity index is 924. The van der Waals surface area contributed by atoms with Gasteiger partial charge in [0, 0.05) is 37.2 Å². The van der Waals surface area contributed by atoms with Crippen molar-refractivity contribution in [2.45, 2.75) is 24.7 Å². The fourth-order valence-electron chi connectivity index (χ4n) is 3.28. The monoisotopic (exact) mass is 386 g/mol. The summed E-state index contributed by atoms with van der Waals surface area (Å²) in [6, 6.07) is 15.1. The molecule has 1 aliphatic rings. The van der Waals surface area contributed by atoms with E-state index in [0.717, 1.165) is 0 Å². The molecule has 0 aromatic heterocycles. The number of nitrogens with zero attached hydrogens (tertiary/aromatic N) is 1. The van der Waals surface area contributed by atoms with Crippen LogP contribution in [0.25, 0.3) is 0 Å². The zero-order valence-corrected chi connectivity index (χ0v) is 15.9. The highest BCUT2D eigenvalue weighted by atomic mass is 32.2. The summed E-state index contributed by atoms with van der Waals surface area (Å²) >= 11 is 0. The van der Waals surface area contributed by atoms with E-state index in [9.17, 15) is 18.0 Å². The smallest absolute Gasteiger partial charge is 0.243 e. The van der Waals surface area contributed by atoms with Gasteiger partial charge < -0.3 is 5.32 Å². The van der Waals surface area contributed by atoms with Crippen molar-refractivity contribution in [3.05, 3.63) is 60.2 Å². The molecule has 1 saturated heterocycles. The standard InChI is InChI=1S/C20H22N2O4S/c1-15(23)21-18-9-11-19(12-10-18)27(25,26)22-13-5-8-17(14-22)20(24)16-6-3-2-4-7-16/h2-4,6-7,9-12,17H,5,8,13-14H2,1H3,(H,21,23). The highest BCUT2D eigenvalue weighted by Gasteiger charge is 2.33. The van der Waals surface area contributed by atoms with Gasteiger partial charge in [0.05, 0.1) is 4.90 Å². The summed E-state index contributed by atoms with van der Waals surface area (Å²) in [7, 11) is -3.69. The lowest BCUT2D eigenvalue weighted by Crippen LogP contribution is -2.42. The van der Waals surface area contributed by atoms with Crippen LogP contribution in [0.15, 0.2) is 59.5 Å². The Morgan fingerprint density at radius 3 is 2.33 bits per heavy atom. The molecule has 3 rings (SSSR count). The van der Waals surface area contributed by atoms with Gasteiger partial charge in [0.2, 0.25) is 15.9 Å². The molecule has 2 aromatic rings. The fraction of sp³-hybridized carbons (Fsp3) is 0.300. The number of ketones is 1. The number of Topliss-reactive ketones (excluding diaryl/α,β-unsaturated/α-hetero) is 1. The van der Waals surface area contributed by atoms with Crippen LogP contribution in [0.2, 0.25) is 0 Å². The molecule has 1 atom stereocenters. The minimum Gasteiger partial charge on any atom is -0.326 e. The number of rotatable bonds is 5. The predicted molar refractivity (Wildman–Crippen MR) is 103 cm³/mol. The Balaban J connectivity index is 1.76. The number of amides is 1. The van der Waals surface area contributed by atoms with Crippen molar-refractivity contribution in [2.75, 3.05) is 18.4 Å². The quantitative estimate of drug-likeness (QED) is 0.801. The molecule has 1 N–H and O–H groups in total. The van der Waals surface area contributed by atoms with Crippen molar-refractivity contribution < 1.29 is 18.0 Å². The number of hydrogen-bond acceptors (Lipinski definition) is 4. The lowest BCUT2D eigenvalue weighted by atomic mass is 9.91. The van der Waals surface area contributed by atoms with Gasteiger partial charge in [-0.3, -0.25) is 9.59 Å². The molecule has 2 aromatic carbocycles. The average Bonchev–Trinajstić information content (AvgIpc) is 2.68. The van der Waals surface area contributed by atoms with E-state index in [2.05, 4.69) is 5.32 Å². The topological polar surface area (TPSA) is 83.6 Å². The number of benzene rings is 2. The Labute approximate surface area is 159 Å². The molecule has 0 aliphatic carbocycles. The largest absolute Gasteiger partial charge is 0.326 e. The zero-order valence-electron chi connectivity index (χ0n) is 15.1. The first kappa shape index (κ1) is 19.3. The van der Waals surface area contributed by atoms with Gasteiger partial charge in [0.15, 0.2) is 5.78 Å². The van der Waals surface area contributed by atoms with Gasteiger partial charge in [-0.05, 0) is 37.1 Å². The molecule has 1 aliphatic heterocycles. The number of anilines is 1. The fourth-order valence-corrected chi connectivity index (χ4v) is 4.80. The van der Waals surface area contributed by atoms with E-state index >= 15 is 0 Å². The Morgan fingerprint density at radius 1 is 1.04 bits per heavy atom. The highest BCUT2D eigenvalue weighted by molar-refractivity contribution is 7.89.